The number of nitro groups is 1. The molecule has 0 bridgehead atoms. The zero-order valence-electron chi connectivity index (χ0n) is 10.3. The summed E-state index contributed by atoms with van der Waals surface area (Å²) < 4.78 is 2.18. The SMILES string of the molecule is CN(Cc1ncnn1C)c1ncc(Br)cc1[N+](=O)[O-]. The lowest BCUT2D eigenvalue weighted by Gasteiger charge is -2.17. The molecule has 0 radical (unpaired) electrons. The van der Waals surface area contributed by atoms with Crippen LogP contribution in [0.1, 0.15) is 5.82 Å². The Morgan fingerprint density at radius 1 is 1.53 bits per heavy atom. The van der Waals surface area contributed by atoms with Crippen molar-refractivity contribution in [1.29, 1.82) is 0 Å². The number of anilines is 1. The highest BCUT2D eigenvalue weighted by Gasteiger charge is 2.20. The predicted molar refractivity (Wildman–Crippen MR) is 71.7 cm³/mol. The van der Waals surface area contributed by atoms with Crippen LogP contribution < -0.4 is 4.90 Å². The Morgan fingerprint density at radius 3 is 2.84 bits per heavy atom. The smallest absolute Gasteiger partial charge is 0.312 e. The van der Waals surface area contributed by atoms with E-state index in [1.807, 2.05) is 0 Å². The van der Waals surface area contributed by atoms with Crippen LogP contribution in [0.25, 0.3) is 0 Å². The maximum atomic E-state index is 11.0. The van der Waals surface area contributed by atoms with Gasteiger partial charge in [0.2, 0.25) is 5.82 Å². The summed E-state index contributed by atoms with van der Waals surface area (Å²) in [4.78, 5) is 20.4. The van der Waals surface area contributed by atoms with E-state index in [-0.39, 0.29) is 11.5 Å². The number of nitrogens with zero attached hydrogens (tertiary/aromatic N) is 6. The van der Waals surface area contributed by atoms with Gasteiger partial charge in [0.25, 0.3) is 0 Å². The first kappa shape index (κ1) is 13.4. The fourth-order valence-electron chi connectivity index (χ4n) is 1.60. The van der Waals surface area contributed by atoms with Crippen LogP contribution in [-0.4, -0.2) is 31.7 Å². The number of hydrogen-bond donors (Lipinski definition) is 0. The van der Waals surface area contributed by atoms with Gasteiger partial charge < -0.3 is 4.90 Å². The van der Waals surface area contributed by atoms with Crippen LogP contribution in [0, 0.1) is 10.1 Å². The second-order valence-corrected chi connectivity index (χ2v) is 4.82. The number of aryl methyl sites for hydroxylation is 1. The number of pyridine rings is 1. The summed E-state index contributed by atoms with van der Waals surface area (Å²) in [7, 11) is 3.48. The van der Waals surface area contributed by atoms with Crippen molar-refractivity contribution in [2.75, 3.05) is 11.9 Å². The van der Waals surface area contributed by atoms with E-state index < -0.39 is 4.92 Å². The Balaban J connectivity index is 2.31. The molecular weight excluding hydrogens is 316 g/mol. The first-order chi connectivity index (χ1) is 8.99. The fourth-order valence-corrected chi connectivity index (χ4v) is 1.92. The van der Waals surface area contributed by atoms with Crippen LogP contribution in [0.5, 0.6) is 0 Å². The van der Waals surface area contributed by atoms with Gasteiger partial charge in [-0.2, -0.15) is 5.10 Å². The van der Waals surface area contributed by atoms with E-state index in [0.717, 1.165) is 0 Å². The fraction of sp³-hybridized carbons (Fsp3) is 0.300. The van der Waals surface area contributed by atoms with Gasteiger partial charge in [-0.3, -0.25) is 14.8 Å². The Morgan fingerprint density at radius 2 is 2.26 bits per heavy atom. The van der Waals surface area contributed by atoms with Crippen LogP contribution in [0.15, 0.2) is 23.1 Å². The van der Waals surface area contributed by atoms with Crippen molar-refractivity contribution in [1.82, 2.24) is 19.7 Å². The summed E-state index contributed by atoms with van der Waals surface area (Å²) in [5.74, 6) is 0.984. The van der Waals surface area contributed by atoms with Gasteiger partial charge in [0.1, 0.15) is 12.2 Å². The first-order valence-corrected chi connectivity index (χ1v) is 6.12. The largest absolute Gasteiger partial charge is 0.346 e. The van der Waals surface area contributed by atoms with E-state index in [1.54, 1.807) is 23.7 Å². The minimum absolute atomic E-state index is 0.0564. The van der Waals surface area contributed by atoms with E-state index in [9.17, 15) is 10.1 Å². The molecule has 0 saturated carbocycles. The highest BCUT2D eigenvalue weighted by atomic mass is 79.9. The van der Waals surface area contributed by atoms with E-state index in [2.05, 4.69) is 31.0 Å². The number of rotatable bonds is 4. The van der Waals surface area contributed by atoms with E-state index in [4.69, 9.17) is 0 Å². The highest BCUT2D eigenvalue weighted by Crippen LogP contribution is 2.28. The predicted octanol–water partition coefficient (Wildman–Crippen LogP) is 1.52. The summed E-state index contributed by atoms with van der Waals surface area (Å²) in [5.41, 5.74) is -0.0564. The lowest BCUT2D eigenvalue weighted by atomic mass is 10.3. The monoisotopic (exact) mass is 326 g/mol. The van der Waals surface area contributed by atoms with Gasteiger partial charge in [-0.05, 0) is 15.9 Å². The average Bonchev–Trinajstić information content (AvgIpc) is 2.74. The van der Waals surface area contributed by atoms with Crippen molar-refractivity contribution < 1.29 is 4.92 Å². The van der Waals surface area contributed by atoms with Gasteiger partial charge in [0, 0.05) is 30.8 Å². The van der Waals surface area contributed by atoms with Crippen molar-refractivity contribution in [2.24, 2.45) is 7.05 Å². The minimum Gasteiger partial charge on any atom is -0.346 e. The molecule has 19 heavy (non-hydrogen) atoms. The molecule has 0 aliphatic carbocycles. The quantitative estimate of drug-likeness (QED) is 0.625. The Bertz CT molecular complexity index is 614. The molecule has 2 rings (SSSR count). The standard InChI is InChI=1S/C10H11BrN6O2/c1-15(5-9-13-6-14-16(9)2)10-8(17(18)19)3-7(11)4-12-10/h3-4,6H,5H2,1-2H3. The zero-order valence-corrected chi connectivity index (χ0v) is 11.9. The van der Waals surface area contributed by atoms with Crippen molar-refractivity contribution >= 4 is 27.4 Å². The molecule has 0 amide bonds. The van der Waals surface area contributed by atoms with Gasteiger partial charge in [0.05, 0.1) is 11.5 Å². The van der Waals surface area contributed by atoms with Crippen LogP contribution >= 0.6 is 15.9 Å². The van der Waals surface area contributed by atoms with Crippen molar-refractivity contribution in [3.05, 3.63) is 39.0 Å². The van der Waals surface area contributed by atoms with Gasteiger partial charge in [0.15, 0.2) is 0 Å². The molecule has 0 aromatic carbocycles. The van der Waals surface area contributed by atoms with Crippen LogP contribution in [0.3, 0.4) is 0 Å². The molecule has 2 aromatic rings. The van der Waals surface area contributed by atoms with E-state index in [0.29, 0.717) is 16.8 Å². The number of aromatic nitrogens is 4. The summed E-state index contributed by atoms with van der Waals surface area (Å²) in [5, 5.41) is 15.0. The molecule has 2 heterocycles. The molecule has 0 N–H and O–H groups in total. The summed E-state index contributed by atoms with van der Waals surface area (Å²) >= 11 is 3.17. The molecule has 8 nitrogen and oxygen atoms in total. The molecule has 0 saturated heterocycles. The third-order valence-corrected chi connectivity index (χ3v) is 2.99. The van der Waals surface area contributed by atoms with Crippen molar-refractivity contribution in [2.45, 2.75) is 6.54 Å². The average molecular weight is 327 g/mol. The summed E-state index contributed by atoms with van der Waals surface area (Å²) in [6.07, 6.45) is 2.96. The van der Waals surface area contributed by atoms with Crippen LogP contribution in [0.4, 0.5) is 11.5 Å². The topological polar surface area (TPSA) is 90.0 Å². The Hall–Kier alpha value is -2.03. The lowest BCUT2D eigenvalue weighted by molar-refractivity contribution is -0.384. The third kappa shape index (κ3) is 2.87. The summed E-state index contributed by atoms with van der Waals surface area (Å²) in [6, 6.07) is 1.43. The number of halogens is 1. The van der Waals surface area contributed by atoms with Gasteiger partial charge in [-0.1, -0.05) is 0 Å². The molecule has 0 aliphatic heterocycles. The van der Waals surface area contributed by atoms with Gasteiger partial charge in [-0.25, -0.2) is 9.97 Å². The zero-order chi connectivity index (χ0) is 14.0. The van der Waals surface area contributed by atoms with Crippen LogP contribution in [-0.2, 0) is 13.6 Å². The van der Waals surface area contributed by atoms with Gasteiger partial charge in [-0.15, -0.1) is 0 Å². The molecule has 0 atom stereocenters. The molecule has 0 spiro atoms. The number of hydrogen-bond acceptors (Lipinski definition) is 6. The summed E-state index contributed by atoms with van der Waals surface area (Å²) in [6.45, 7) is 0.381. The van der Waals surface area contributed by atoms with E-state index in [1.165, 1.54) is 18.6 Å². The Labute approximate surface area is 117 Å². The molecule has 2 aromatic heterocycles. The van der Waals surface area contributed by atoms with Gasteiger partial charge >= 0.3 is 5.69 Å². The minimum atomic E-state index is -0.458. The molecule has 0 fully saturated rings. The second-order valence-electron chi connectivity index (χ2n) is 3.91. The van der Waals surface area contributed by atoms with Crippen LogP contribution in [0.2, 0.25) is 0 Å². The molecule has 0 aliphatic rings. The molecular formula is C10H11BrN6O2. The first-order valence-electron chi connectivity index (χ1n) is 5.33. The highest BCUT2D eigenvalue weighted by molar-refractivity contribution is 9.10. The van der Waals surface area contributed by atoms with Crippen molar-refractivity contribution in [3.63, 3.8) is 0 Å². The molecule has 9 heteroatoms. The second kappa shape index (κ2) is 5.31. The molecule has 100 valence electrons. The Kier molecular flexibility index (Phi) is 3.74. The van der Waals surface area contributed by atoms with E-state index >= 15 is 0 Å². The molecule has 0 unspecified atom stereocenters. The maximum Gasteiger partial charge on any atom is 0.312 e. The van der Waals surface area contributed by atoms with Crippen molar-refractivity contribution in [3.8, 4) is 0 Å². The third-order valence-electron chi connectivity index (χ3n) is 2.56. The normalized spacial score (nSPS) is 10.5. The lowest BCUT2D eigenvalue weighted by Crippen LogP contribution is -2.21. The maximum absolute atomic E-state index is 11.0.